The van der Waals surface area contributed by atoms with Crippen LogP contribution < -0.4 is 0 Å². The van der Waals surface area contributed by atoms with Crippen LogP contribution in [0.5, 0.6) is 0 Å². The van der Waals surface area contributed by atoms with Gasteiger partial charge < -0.3 is 9.84 Å². The Morgan fingerprint density at radius 1 is 1.04 bits per heavy atom. The topological polar surface area (TPSA) is 63.6 Å². The van der Waals surface area contributed by atoms with Gasteiger partial charge in [0.25, 0.3) is 0 Å². The zero-order valence-corrected chi connectivity index (χ0v) is 18.0. The number of ether oxygens (including phenoxy) is 1. The number of carboxylic acids is 1. The molecule has 0 aromatic carbocycles. The molecule has 23 heavy (non-hydrogen) atoms. The summed E-state index contributed by atoms with van der Waals surface area (Å²) in [7, 11) is 0.703. The van der Waals surface area contributed by atoms with E-state index in [-0.39, 0.29) is 17.4 Å². The van der Waals surface area contributed by atoms with Gasteiger partial charge in [-0.2, -0.15) is 0 Å². The molecule has 4 nitrogen and oxygen atoms in total. The van der Waals surface area contributed by atoms with Crippen LogP contribution in [0.25, 0.3) is 0 Å². The van der Waals surface area contributed by atoms with E-state index in [2.05, 4.69) is 13.8 Å². The molecule has 0 aliphatic rings. The molecule has 0 aromatic heterocycles. The summed E-state index contributed by atoms with van der Waals surface area (Å²) in [5, 5.41) is 9.27. The first-order valence-corrected chi connectivity index (χ1v) is 9.52. The lowest BCUT2D eigenvalue weighted by molar-refractivity contribution is -0.142. The molecule has 0 fully saturated rings. The average molecular weight is 343 g/mol. The molecule has 0 saturated carbocycles. The molecule has 0 heterocycles. The summed E-state index contributed by atoms with van der Waals surface area (Å²) < 4.78 is 5.41. The van der Waals surface area contributed by atoms with E-state index in [9.17, 15) is 14.7 Å². The van der Waals surface area contributed by atoms with E-state index < -0.39 is 17.0 Å². The van der Waals surface area contributed by atoms with Crippen molar-refractivity contribution >= 4 is 22.2 Å². The first kappa shape index (κ1) is 21.9. The molecule has 0 bridgehead atoms. The molecular formula is C18H34O4Si. The second-order valence-electron chi connectivity index (χ2n) is 8.23. The summed E-state index contributed by atoms with van der Waals surface area (Å²) in [5.41, 5.74) is 0.617. The largest absolute Gasteiger partial charge is 0.478 e. The molecule has 134 valence electrons. The SMILES string of the molecule is CC(C)COC(=O)C(=C(CC(C)C)C(=O)O)C(C)([SiH3])CC(C)C. The molecule has 1 unspecified atom stereocenters. The van der Waals surface area contributed by atoms with Crippen molar-refractivity contribution in [1.82, 2.24) is 0 Å². The molecule has 0 amide bonds. The van der Waals surface area contributed by atoms with Crippen LogP contribution in [0.3, 0.4) is 0 Å². The van der Waals surface area contributed by atoms with Gasteiger partial charge >= 0.3 is 11.9 Å². The number of esters is 1. The van der Waals surface area contributed by atoms with Gasteiger partial charge in [-0.15, -0.1) is 0 Å². The Bertz CT molecular complexity index is 448. The summed E-state index contributed by atoms with van der Waals surface area (Å²) in [4.78, 5) is 24.5. The van der Waals surface area contributed by atoms with Gasteiger partial charge in [0.15, 0.2) is 0 Å². The highest BCUT2D eigenvalue weighted by atomic mass is 28.1. The number of carbonyl (C=O) groups excluding carboxylic acids is 1. The number of aliphatic carboxylic acids is 1. The maximum Gasteiger partial charge on any atom is 0.334 e. The van der Waals surface area contributed by atoms with Crippen LogP contribution in [0.15, 0.2) is 11.1 Å². The molecular weight excluding hydrogens is 308 g/mol. The molecule has 0 aromatic rings. The third-order valence-electron chi connectivity index (χ3n) is 3.52. The summed E-state index contributed by atoms with van der Waals surface area (Å²) in [5.74, 6) is -0.662. The second-order valence-corrected chi connectivity index (χ2v) is 10.4. The van der Waals surface area contributed by atoms with E-state index in [1.807, 2.05) is 34.6 Å². The van der Waals surface area contributed by atoms with Crippen molar-refractivity contribution in [3.63, 3.8) is 0 Å². The number of carbonyl (C=O) groups is 2. The van der Waals surface area contributed by atoms with Crippen molar-refractivity contribution in [3.8, 4) is 0 Å². The summed E-state index contributed by atoms with van der Waals surface area (Å²) in [6, 6.07) is 0. The van der Waals surface area contributed by atoms with Crippen molar-refractivity contribution in [2.45, 2.75) is 66.3 Å². The first-order chi connectivity index (χ1) is 10.4. The van der Waals surface area contributed by atoms with E-state index >= 15 is 0 Å². The fraction of sp³-hybridized carbons (Fsp3) is 0.778. The fourth-order valence-corrected chi connectivity index (χ4v) is 4.27. The van der Waals surface area contributed by atoms with E-state index in [1.54, 1.807) is 0 Å². The highest BCUT2D eigenvalue weighted by molar-refractivity contribution is 6.22. The van der Waals surface area contributed by atoms with Gasteiger partial charge in [-0.3, -0.25) is 0 Å². The molecule has 0 saturated heterocycles. The van der Waals surface area contributed by atoms with Crippen LogP contribution in [-0.2, 0) is 14.3 Å². The lowest BCUT2D eigenvalue weighted by Gasteiger charge is -2.31. The minimum absolute atomic E-state index is 0.172. The van der Waals surface area contributed by atoms with E-state index in [1.165, 1.54) is 0 Å². The van der Waals surface area contributed by atoms with Gasteiger partial charge in [-0.25, -0.2) is 9.59 Å². The third-order valence-corrected chi connectivity index (χ3v) is 4.43. The van der Waals surface area contributed by atoms with Crippen molar-refractivity contribution in [3.05, 3.63) is 11.1 Å². The number of hydrogen-bond donors (Lipinski definition) is 1. The summed E-state index contributed by atoms with van der Waals surface area (Å²) >= 11 is 0. The van der Waals surface area contributed by atoms with Crippen molar-refractivity contribution in [2.75, 3.05) is 6.61 Å². The molecule has 1 atom stereocenters. The molecule has 0 aliphatic heterocycles. The number of carboxylic acid groups (broad SMARTS) is 1. The number of hydrogen-bond acceptors (Lipinski definition) is 3. The normalized spacial score (nSPS) is 15.7. The molecule has 0 radical (unpaired) electrons. The summed E-state index contributed by atoms with van der Waals surface area (Å²) in [6.45, 7) is 14.4. The lowest BCUT2D eigenvalue weighted by atomic mass is 9.85. The van der Waals surface area contributed by atoms with E-state index in [0.29, 0.717) is 34.8 Å². The predicted molar refractivity (Wildman–Crippen MR) is 97.7 cm³/mol. The standard InChI is InChI=1S/C18H34O4Si/c1-11(2)8-14(16(19)20)15(17(21)22-10-13(5)6)18(7,23)9-12(3)4/h11-13H,8-10H2,1-7,23H3,(H,19,20). The van der Waals surface area contributed by atoms with Gasteiger partial charge in [-0.1, -0.05) is 48.5 Å². The Morgan fingerprint density at radius 2 is 1.57 bits per heavy atom. The van der Waals surface area contributed by atoms with Crippen LogP contribution in [0.2, 0.25) is 5.04 Å². The fourth-order valence-electron chi connectivity index (χ4n) is 2.95. The van der Waals surface area contributed by atoms with Gasteiger partial charge in [0, 0.05) is 21.4 Å². The smallest absolute Gasteiger partial charge is 0.334 e. The first-order valence-electron chi connectivity index (χ1n) is 8.52. The molecule has 0 rings (SSSR count). The van der Waals surface area contributed by atoms with Crippen LogP contribution in [-0.4, -0.2) is 33.9 Å². The van der Waals surface area contributed by atoms with Gasteiger partial charge in [0.05, 0.1) is 6.61 Å². The predicted octanol–water partition coefficient (Wildman–Crippen LogP) is 3.20. The Hall–Kier alpha value is -1.10. The monoisotopic (exact) mass is 342 g/mol. The quantitative estimate of drug-likeness (QED) is 0.397. The van der Waals surface area contributed by atoms with E-state index in [4.69, 9.17) is 4.74 Å². The Kier molecular flexibility index (Phi) is 8.81. The second kappa shape index (κ2) is 9.26. The Morgan fingerprint density at radius 3 is 1.91 bits per heavy atom. The van der Waals surface area contributed by atoms with Gasteiger partial charge in [-0.05, 0) is 35.6 Å². The molecule has 1 N–H and O–H groups in total. The van der Waals surface area contributed by atoms with Gasteiger partial charge in [0.2, 0.25) is 0 Å². The molecule has 0 aliphatic carbocycles. The van der Waals surface area contributed by atoms with Crippen molar-refractivity contribution in [2.24, 2.45) is 17.8 Å². The number of rotatable bonds is 9. The lowest BCUT2D eigenvalue weighted by Crippen LogP contribution is -2.27. The van der Waals surface area contributed by atoms with Crippen LogP contribution in [0.4, 0.5) is 0 Å². The average Bonchev–Trinajstić information content (AvgIpc) is 2.32. The van der Waals surface area contributed by atoms with Crippen molar-refractivity contribution in [1.29, 1.82) is 0 Å². The Balaban J connectivity index is 5.93. The highest BCUT2D eigenvalue weighted by Crippen LogP contribution is 2.41. The van der Waals surface area contributed by atoms with Gasteiger partial charge in [0.1, 0.15) is 0 Å². The maximum absolute atomic E-state index is 12.7. The van der Waals surface area contributed by atoms with Crippen LogP contribution >= 0.6 is 0 Å². The van der Waals surface area contributed by atoms with Crippen LogP contribution in [0, 0.1) is 17.8 Å². The van der Waals surface area contributed by atoms with E-state index in [0.717, 1.165) is 6.42 Å². The molecule has 5 heteroatoms. The van der Waals surface area contributed by atoms with Crippen molar-refractivity contribution < 1.29 is 19.4 Å². The third kappa shape index (κ3) is 7.82. The zero-order chi connectivity index (χ0) is 18.4. The zero-order valence-electron chi connectivity index (χ0n) is 16.0. The molecule has 0 spiro atoms. The highest BCUT2D eigenvalue weighted by Gasteiger charge is 2.35. The minimum atomic E-state index is -0.999. The maximum atomic E-state index is 12.7. The minimum Gasteiger partial charge on any atom is -0.478 e. The van der Waals surface area contributed by atoms with Crippen LogP contribution in [0.1, 0.15) is 61.3 Å². The Labute approximate surface area is 144 Å². The summed E-state index contributed by atoms with van der Waals surface area (Å²) in [6.07, 6.45) is 1.18.